The Labute approximate surface area is 118 Å². The van der Waals surface area contributed by atoms with Crippen LogP contribution in [0.1, 0.15) is 25.8 Å². The van der Waals surface area contributed by atoms with Gasteiger partial charge in [-0.25, -0.2) is 4.98 Å². The maximum atomic E-state index is 5.49. The van der Waals surface area contributed by atoms with Crippen molar-refractivity contribution in [2.24, 2.45) is 5.41 Å². The maximum Gasteiger partial charge on any atom is 0.184 e. The molecular formula is C15H20N2OS. The molecule has 0 saturated heterocycles. The summed E-state index contributed by atoms with van der Waals surface area (Å²) >= 11 is 1.73. The molecule has 1 aliphatic carbocycles. The molecule has 0 spiro atoms. The van der Waals surface area contributed by atoms with Gasteiger partial charge in [0.1, 0.15) is 0 Å². The summed E-state index contributed by atoms with van der Waals surface area (Å²) in [7, 11) is 1.79. The van der Waals surface area contributed by atoms with Gasteiger partial charge < -0.3 is 10.1 Å². The highest BCUT2D eigenvalue weighted by Crippen LogP contribution is 2.44. The van der Waals surface area contributed by atoms with E-state index in [4.69, 9.17) is 4.74 Å². The van der Waals surface area contributed by atoms with Gasteiger partial charge >= 0.3 is 0 Å². The van der Waals surface area contributed by atoms with E-state index in [2.05, 4.69) is 49.3 Å². The maximum absolute atomic E-state index is 5.49. The number of fused-ring (bicyclic) bond motifs is 1. The van der Waals surface area contributed by atoms with Crippen molar-refractivity contribution >= 4 is 26.7 Å². The fraction of sp³-hybridized carbons (Fsp3) is 0.533. The van der Waals surface area contributed by atoms with E-state index < -0.39 is 0 Å². The first-order valence-corrected chi connectivity index (χ1v) is 7.49. The Hall–Kier alpha value is -1.13. The SMILES string of the molecule is COC1CC(Nc2nc3cc(C)ccc3s2)C1(C)C. The highest BCUT2D eigenvalue weighted by molar-refractivity contribution is 7.22. The summed E-state index contributed by atoms with van der Waals surface area (Å²) in [5.74, 6) is 0. The van der Waals surface area contributed by atoms with Gasteiger partial charge in [-0.1, -0.05) is 31.3 Å². The van der Waals surface area contributed by atoms with Crippen molar-refractivity contribution < 1.29 is 4.74 Å². The Bertz CT molecular complexity index is 605. The minimum absolute atomic E-state index is 0.169. The summed E-state index contributed by atoms with van der Waals surface area (Å²) in [6, 6.07) is 6.87. The lowest BCUT2D eigenvalue weighted by atomic mass is 9.64. The number of benzene rings is 1. The summed E-state index contributed by atoms with van der Waals surface area (Å²) in [5.41, 5.74) is 2.52. The van der Waals surface area contributed by atoms with E-state index in [0.717, 1.165) is 17.1 Å². The Kier molecular flexibility index (Phi) is 3.02. The fourth-order valence-electron chi connectivity index (χ4n) is 2.78. The number of anilines is 1. The van der Waals surface area contributed by atoms with Crippen LogP contribution < -0.4 is 5.32 Å². The molecule has 0 amide bonds. The zero-order valence-corrected chi connectivity index (χ0v) is 12.7. The predicted molar refractivity (Wildman–Crippen MR) is 81.0 cm³/mol. The van der Waals surface area contributed by atoms with Crippen LogP contribution in [0, 0.1) is 12.3 Å². The number of nitrogens with one attached hydrogen (secondary N) is 1. The lowest BCUT2D eigenvalue weighted by molar-refractivity contribution is -0.0794. The van der Waals surface area contributed by atoms with Crippen molar-refractivity contribution in [3.8, 4) is 0 Å². The molecule has 3 rings (SSSR count). The number of aromatic nitrogens is 1. The zero-order valence-electron chi connectivity index (χ0n) is 11.9. The minimum atomic E-state index is 0.169. The molecule has 2 aromatic rings. The predicted octanol–water partition coefficient (Wildman–Crippen LogP) is 3.83. The first-order chi connectivity index (χ1) is 9.00. The summed E-state index contributed by atoms with van der Waals surface area (Å²) in [5, 5.41) is 4.59. The van der Waals surface area contributed by atoms with E-state index in [1.807, 2.05) is 0 Å². The van der Waals surface area contributed by atoms with Gasteiger partial charge in [0.25, 0.3) is 0 Å². The first-order valence-electron chi connectivity index (χ1n) is 6.67. The molecule has 1 N–H and O–H groups in total. The van der Waals surface area contributed by atoms with Crippen molar-refractivity contribution in [2.45, 2.75) is 39.3 Å². The molecule has 4 heteroatoms. The van der Waals surface area contributed by atoms with E-state index in [1.54, 1.807) is 18.4 Å². The third-order valence-electron chi connectivity index (χ3n) is 4.30. The Morgan fingerprint density at radius 2 is 2.21 bits per heavy atom. The van der Waals surface area contributed by atoms with Crippen molar-refractivity contribution in [3.05, 3.63) is 23.8 Å². The van der Waals surface area contributed by atoms with Crippen LogP contribution in [0.3, 0.4) is 0 Å². The Morgan fingerprint density at radius 1 is 1.42 bits per heavy atom. The number of hydrogen-bond acceptors (Lipinski definition) is 4. The van der Waals surface area contributed by atoms with Crippen molar-refractivity contribution in [1.82, 2.24) is 4.98 Å². The topological polar surface area (TPSA) is 34.1 Å². The quantitative estimate of drug-likeness (QED) is 0.925. The lowest BCUT2D eigenvalue weighted by Gasteiger charge is -2.51. The molecule has 1 saturated carbocycles. The molecule has 3 nitrogen and oxygen atoms in total. The Morgan fingerprint density at radius 3 is 2.89 bits per heavy atom. The van der Waals surface area contributed by atoms with Crippen LogP contribution in [-0.4, -0.2) is 24.2 Å². The average Bonchev–Trinajstić information content (AvgIpc) is 2.75. The van der Waals surface area contributed by atoms with Crippen molar-refractivity contribution in [2.75, 3.05) is 12.4 Å². The fourth-order valence-corrected chi connectivity index (χ4v) is 3.68. The molecule has 19 heavy (non-hydrogen) atoms. The van der Waals surface area contributed by atoms with Gasteiger partial charge in [0.2, 0.25) is 0 Å². The summed E-state index contributed by atoms with van der Waals surface area (Å²) in [6.45, 7) is 6.60. The second-order valence-corrected chi connectivity index (χ2v) is 7.00. The summed E-state index contributed by atoms with van der Waals surface area (Å²) in [6.07, 6.45) is 1.40. The molecule has 1 heterocycles. The van der Waals surface area contributed by atoms with E-state index in [1.165, 1.54) is 10.3 Å². The molecule has 1 aromatic carbocycles. The average molecular weight is 276 g/mol. The summed E-state index contributed by atoms with van der Waals surface area (Å²) in [4.78, 5) is 4.68. The largest absolute Gasteiger partial charge is 0.381 e. The molecule has 2 unspecified atom stereocenters. The van der Waals surface area contributed by atoms with Crippen LogP contribution in [0.15, 0.2) is 18.2 Å². The molecule has 2 atom stereocenters. The molecule has 102 valence electrons. The number of rotatable bonds is 3. The Balaban J connectivity index is 1.79. The van der Waals surface area contributed by atoms with Crippen molar-refractivity contribution in [1.29, 1.82) is 0 Å². The van der Waals surface area contributed by atoms with Crippen LogP contribution in [0.4, 0.5) is 5.13 Å². The van der Waals surface area contributed by atoms with Gasteiger partial charge in [0.15, 0.2) is 5.13 Å². The normalized spacial score (nSPS) is 25.3. The molecule has 0 bridgehead atoms. The highest BCUT2D eigenvalue weighted by atomic mass is 32.1. The van der Waals surface area contributed by atoms with Crippen LogP contribution >= 0.6 is 11.3 Å². The van der Waals surface area contributed by atoms with Crippen molar-refractivity contribution in [3.63, 3.8) is 0 Å². The summed E-state index contributed by atoms with van der Waals surface area (Å²) < 4.78 is 6.73. The van der Waals surface area contributed by atoms with E-state index in [0.29, 0.717) is 12.1 Å². The monoisotopic (exact) mass is 276 g/mol. The van der Waals surface area contributed by atoms with Gasteiger partial charge in [-0.2, -0.15) is 0 Å². The van der Waals surface area contributed by atoms with Gasteiger partial charge in [-0.15, -0.1) is 0 Å². The van der Waals surface area contributed by atoms with Gasteiger partial charge in [-0.05, 0) is 31.0 Å². The van der Waals surface area contributed by atoms with Crippen LogP contribution in [-0.2, 0) is 4.74 Å². The smallest absolute Gasteiger partial charge is 0.184 e. The number of methoxy groups -OCH3 is 1. The number of nitrogens with zero attached hydrogens (tertiary/aromatic N) is 1. The van der Waals surface area contributed by atoms with Crippen LogP contribution in [0.25, 0.3) is 10.2 Å². The number of thiazole rings is 1. The second-order valence-electron chi connectivity index (χ2n) is 5.97. The van der Waals surface area contributed by atoms with Gasteiger partial charge in [0.05, 0.1) is 16.3 Å². The van der Waals surface area contributed by atoms with E-state index in [9.17, 15) is 0 Å². The third kappa shape index (κ3) is 2.13. The molecule has 0 aliphatic heterocycles. The molecule has 0 radical (unpaired) electrons. The highest BCUT2D eigenvalue weighted by Gasteiger charge is 2.48. The second kappa shape index (κ2) is 4.46. The molecule has 1 aliphatic rings. The number of ether oxygens (including phenoxy) is 1. The number of hydrogen-bond donors (Lipinski definition) is 1. The van der Waals surface area contributed by atoms with E-state index in [-0.39, 0.29) is 5.41 Å². The van der Waals surface area contributed by atoms with E-state index >= 15 is 0 Å². The van der Waals surface area contributed by atoms with Crippen LogP contribution in [0.5, 0.6) is 0 Å². The standard InChI is InChI=1S/C15H20N2OS/c1-9-5-6-11-10(7-9)16-14(19-11)17-12-8-13(18-4)15(12,2)3/h5-7,12-13H,8H2,1-4H3,(H,16,17). The zero-order chi connectivity index (χ0) is 13.6. The first kappa shape index (κ1) is 12.9. The van der Waals surface area contributed by atoms with Crippen LogP contribution in [0.2, 0.25) is 0 Å². The molecule has 1 fully saturated rings. The molecule has 1 aromatic heterocycles. The lowest BCUT2D eigenvalue weighted by Crippen LogP contribution is -2.57. The van der Waals surface area contributed by atoms with Gasteiger partial charge in [-0.3, -0.25) is 0 Å². The van der Waals surface area contributed by atoms with Gasteiger partial charge in [0, 0.05) is 18.6 Å². The molecular weight excluding hydrogens is 256 g/mol. The minimum Gasteiger partial charge on any atom is -0.381 e. The number of aryl methyl sites for hydroxylation is 1. The third-order valence-corrected chi connectivity index (χ3v) is 5.27.